The molecule has 0 amide bonds. The topological polar surface area (TPSA) is 53.7 Å². The summed E-state index contributed by atoms with van der Waals surface area (Å²) in [6, 6.07) is 10.2. The van der Waals surface area contributed by atoms with Crippen molar-refractivity contribution in [1.29, 1.82) is 0 Å². The van der Waals surface area contributed by atoms with Gasteiger partial charge in [0.05, 0.1) is 6.54 Å². The van der Waals surface area contributed by atoms with Crippen molar-refractivity contribution in [2.24, 2.45) is 4.99 Å². The zero-order valence-corrected chi connectivity index (χ0v) is 12.8. The third kappa shape index (κ3) is 4.34. The van der Waals surface area contributed by atoms with E-state index in [9.17, 15) is 0 Å². The number of nitrogens with one attached hydrogen (secondary N) is 1. The predicted molar refractivity (Wildman–Crippen MR) is 84.0 cm³/mol. The number of aromatic nitrogens is 1. The number of rotatable bonds is 5. The maximum Gasteiger partial charge on any atom is 0.194 e. The van der Waals surface area contributed by atoms with Crippen molar-refractivity contribution < 1.29 is 4.52 Å². The summed E-state index contributed by atoms with van der Waals surface area (Å²) < 4.78 is 4.83. The van der Waals surface area contributed by atoms with Crippen LogP contribution in [0.25, 0.3) is 0 Å². The van der Waals surface area contributed by atoms with Crippen LogP contribution in [0.1, 0.15) is 23.7 Å². The number of hydrogen-bond donors (Lipinski definition) is 1. The fourth-order valence-corrected chi connectivity index (χ4v) is 2.06. The van der Waals surface area contributed by atoms with Gasteiger partial charge in [-0.3, -0.25) is 0 Å². The Morgan fingerprint density at radius 3 is 2.81 bits per heavy atom. The Labute approximate surface area is 125 Å². The first-order valence-corrected chi connectivity index (χ1v) is 7.14. The molecule has 112 valence electrons. The lowest BCUT2D eigenvalue weighted by Crippen LogP contribution is -2.38. The average molecular weight is 286 g/mol. The minimum absolute atomic E-state index is 0.511. The van der Waals surface area contributed by atoms with E-state index in [1.54, 1.807) is 6.26 Å². The maximum atomic E-state index is 4.83. The van der Waals surface area contributed by atoms with E-state index in [1.807, 2.05) is 13.1 Å². The van der Waals surface area contributed by atoms with Crippen LogP contribution in [0.5, 0.6) is 0 Å². The van der Waals surface area contributed by atoms with Crippen LogP contribution in [-0.2, 0) is 13.1 Å². The molecule has 0 saturated heterocycles. The highest BCUT2D eigenvalue weighted by atomic mass is 16.5. The van der Waals surface area contributed by atoms with Gasteiger partial charge in [0.25, 0.3) is 0 Å². The van der Waals surface area contributed by atoms with E-state index in [-0.39, 0.29) is 0 Å². The van der Waals surface area contributed by atoms with Crippen LogP contribution < -0.4 is 5.32 Å². The average Bonchev–Trinajstić information content (AvgIpc) is 2.99. The Morgan fingerprint density at radius 1 is 1.33 bits per heavy atom. The summed E-state index contributed by atoms with van der Waals surface area (Å²) in [5.41, 5.74) is 3.42. The van der Waals surface area contributed by atoms with Crippen LogP contribution in [0.2, 0.25) is 0 Å². The van der Waals surface area contributed by atoms with E-state index >= 15 is 0 Å². The number of benzene rings is 1. The molecule has 1 aromatic carbocycles. The van der Waals surface area contributed by atoms with Crippen molar-refractivity contribution in [2.75, 3.05) is 13.6 Å². The van der Waals surface area contributed by atoms with Crippen LogP contribution in [-0.4, -0.2) is 29.6 Å². The molecule has 5 nitrogen and oxygen atoms in total. The van der Waals surface area contributed by atoms with Crippen molar-refractivity contribution in [3.8, 4) is 0 Å². The number of nitrogens with zero attached hydrogens (tertiary/aromatic N) is 3. The van der Waals surface area contributed by atoms with E-state index in [0.29, 0.717) is 6.54 Å². The molecule has 21 heavy (non-hydrogen) atoms. The van der Waals surface area contributed by atoms with Crippen molar-refractivity contribution in [2.45, 2.75) is 26.9 Å². The number of aliphatic imine (C=N–C) groups is 1. The van der Waals surface area contributed by atoms with Crippen LogP contribution in [0.4, 0.5) is 0 Å². The fraction of sp³-hybridized carbons (Fsp3) is 0.375. The van der Waals surface area contributed by atoms with E-state index in [0.717, 1.165) is 24.7 Å². The molecule has 2 rings (SSSR count). The first-order valence-electron chi connectivity index (χ1n) is 7.14. The molecule has 5 heteroatoms. The van der Waals surface area contributed by atoms with Crippen molar-refractivity contribution in [3.63, 3.8) is 0 Å². The van der Waals surface area contributed by atoms with Crippen LogP contribution in [0.15, 0.2) is 46.1 Å². The van der Waals surface area contributed by atoms with Gasteiger partial charge in [0.2, 0.25) is 0 Å². The van der Waals surface area contributed by atoms with E-state index < -0.39 is 0 Å². The quantitative estimate of drug-likeness (QED) is 0.678. The van der Waals surface area contributed by atoms with Gasteiger partial charge < -0.3 is 14.7 Å². The molecule has 0 spiro atoms. The van der Waals surface area contributed by atoms with Gasteiger partial charge in [0.15, 0.2) is 5.96 Å². The monoisotopic (exact) mass is 286 g/mol. The number of guanidine groups is 1. The molecular formula is C16H22N4O. The second-order valence-electron chi connectivity index (χ2n) is 4.94. The van der Waals surface area contributed by atoms with Gasteiger partial charge in [-0.2, -0.15) is 0 Å². The summed E-state index contributed by atoms with van der Waals surface area (Å²) in [7, 11) is 2.04. The zero-order valence-electron chi connectivity index (χ0n) is 12.8. The van der Waals surface area contributed by atoms with Crippen molar-refractivity contribution >= 4 is 5.96 Å². The van der Waals surface area contributed by atoms with Gasteiger partial charge >= 0.3 is 0 Å². The van der Waals surface area contributed by atoms with E-state index in [1.165, 1.54) is 11.1 Å². The molecular weight excluding hydrogens is 264 g/mol. The second kappa shape index (κ2) is 7.47. The highest BCUT2D eigenvalue weighted by molar-refractivity contribution is 5.79. The molecule has 0 fully saturated rings. The Hall–Kier alpha value is -2.30. The van der Waals surface area contributed by atoms with Gasteiger partial charge in [-0.05, 0) is 25.0 Å². The Morgan fingerprint density at radius 2 is 2.14 bits per heavy atom. The highest BCUT2D eigenvalue weighted by Gasteiger charge is 2.08. The lowest BCUT2D eigenvalue weighted by molar-refractivity contribution is 0.411. The Bertz CT molecular complexity index is 578. The molecule has 1 aromatic heterocycles. The minimum atomic E-state index is 0.511. The molecule has 2 aromatic rings. The van der Waals surface area contributed by atoms with E-state index in [4.69, 9.17) is 4.52 Å². The Kier molecular flexibility index (Phi) is 5.37. The van der Waals surface area contributed by atoms with Gasteiger partial charge in [0.1, 0.15) is 12.0 Å². The minimum Gasteiger partial charge on any atom is -0.364 e. The molecule has 1 N–H and O–H groups in total. The molecule has 0 aliphatic heterocycles. The highest BCUT2D eigenvalue weighted by Crippen LogP contribution is 2.09. The first-order chi connectivity index (χ1) is 10.2. The van der Waals surface area contributed by atoms with Crippen molar-refractivity contribution in [3.05, 3.63) is 53.4 Å². The summed E-state index contributed by atoms with van der Waals surface area (Å²) in [5, 5.41) is 7.18. The molecule has 1 heterocycles. The van der Waals surface area contributed by atoms with Crippen molar-refractivity contribution in [1.82, 2.24) is 15.4 Å². The molecule has 0 atom stereocenters. The summed E-state index contributed by atoms with van der Waals surface area (Å²) in [6.07, 6.45) is 1.56. The molecule has 0 unspecified atom stereocenters. The van der Waals surface area contributed by atoms with Crippen LogP contribution in [0.3, 0.4) is 0 Å². The SMILES string of the molecule is CCNC(=NCc1ccon1)N(C)Cc1ccccc1C. The summed E-state index contributed by atoms with van der Waals surface area (Å²) in [6.45, 7) is 6.35. The maximum absolute atomic E-state index is 4.83. The first kappa shape index (κ1) is 15.1. The number of aryl methyl sites for hydroxylation is 1. The second-order valence-corrected chi connectivity index (χ2v) is 4.94. The lowest BCUT2D eigenvalue weighted by Gasteiger charge is -2.22. The van der Waals surface area contributed by atoms with Crippen LogP contribution >= 0.6 is 0 Å². The summed E-state index contributed by atoms with van der Waals surface area (Å²) >= 11 is 0. The largest absolute Gasteiger partial charge is 0.364 e. The van der Waals surface area contributed by atoms with Crippen LogP contribution in [0, 0.1) is 6.92 Å². The summed E-state index contributed by atoms with van der Waals surface area (Å²) in [4.78, 5) is 6.71. The predicted octanol–water partition coefficient (Wildman–Crippen LogP) is 2.58. The number of hydrogen-bond acceptors (Lipinski definition) is 3. The molecule has 0 aliphatic rings. The normalized spacial score (nSPS) is 11.5. The molecule has 0 saturated carbocycles. The van der Waals surface area contributed by atoms with Gasteiger partial charge in [-0.15, -0.1) is 0 Å². The zero-order chi connectivity index (χ0) is 15.1. The third-order valence-electron chi connectivity index (χ3n) is 3.25. The molecule has 0 radical (unpaired) electrons. The lowest BCUT2D eigenvalue weighted by atomic mass is 10.1. The van der Waals surface area contributed by atoms with Gasteiger partial charge in [-0.1, -0.05) is 29.4 Å². The van der Waals surface area contributed by atoms with Gasteiger partial charge in [0, 0.05) is 26.2 Å². The molecule has 0 bridgehead atoms. The molecule has 0 aliphatic carbocycles. The fourth-order valence-electron chi connectivity index (χ4n) is 2.06. The summed E-state index contributed by atoms with van der Waals surface area (Å²) in [5.74, 6) is 0.865. The smallest absolute Gasteiger partial charge is 0.194 e. The standard InChI is InChI=1S/C16H22N4O/c1-4-17-16(18-11-15-9-10-21-19-15)20(3)12-14-8-6-5-7-13(14)2/h5-10H,4,11-12H2,1-3H3,(H,17,18). The van der Waals surface area contributed by atoms with Gasteiger partial charge in [-0.25, -0.2) is 4.99 Å². The Balaban J connectivity index is 2.06. The third-order valence-corrected chi connectivity index (χ3v) is 3.25. The van der Waals surface area contributed by atoms with E-state index in [2.05, 4.69) is 58.5 Å².